The molecule has 7 nitrogen and oxygen atoms in total. The SMILES string of the molecule is CN=C(NCCOc1ccc(C(F)(F)F)cn1)NCC(C)(C)N1CCOCC1.I. The van der Waals surface area contributed by atoms with Crippen LogP contribution >= 0.6 is 24.0 Å². The van der Waals surface area contributed by atoms with Gasteiger partial charge in [0.05, 0.1) is 25.3 Å². The highest BCUT2D eigenvalue weighted by molar-refractivity contribution is 14.0. The van der Waals surface area contributed by atoms with E-state index in [1.807, 2.05) is 0 Å². The van der Waals surface area contributed by atoms with Crippen molar-refractivity contribution in [3.05, 3.63) is 23.9 Å². The summed E-state index contributed by atoms with van der Waals surface area (Å²) < 4.78 is 48.3. The van der Waals surface area contributed by atoms with Gasteiger partial charge >= 0.3 is 6.18 Å². The zero-order chi connectivity index (χ0) is 20.6. The molecule has 1 aromatic heterocycles. The number of ether oxygens (including phenoxy) is 2. The summed E-state index contributed by atoms with van der Waals surface area (Å²) in [6.45, 7) is 8.98. The number of pyridine rings is 1. The molecule has 0 aromatic carbocycles. The number of alkyl halides is 3. The van der Waals surface area contributed by atoms with Crippen LogP contribution in [0.4, 0.5) is 13.2 Å². The lowest BCUT2D eigenvalue weighted by Gasteiger charge is -2.41. The summed E-state index contributed by atoms with van der Waals surface area (Å²) in [4.78, 5) is 10.2. The number of nitrogens with zero attached hydrogens (tertiary/aromatic N) is 3. The standard InChI is InChI=1S/C18H28F3N5O2.HI/c1-17(2,26-7-10-27-11-8-26)13-25-16(22-3)23-6-9-28-15-5-4-14(12-24-15)18(19,20)21;/h4-5,12H,6-11,13H2,1-3H3,(H2,22,23,25);1H. The van der Waals surface area contributed by atoms with E-state index in [1.54, 1.807) is 7.05 Å². The fraction of sp³-hybridized carbons (Fsp3) is 0.667. The van der Waals surface area contributed by atoms with E-state index in [-0.39, 0.29) is 42.0 Å². The molecule has 1 fully saturated rings. The van der Waals surface area contributed by atoms with E-state index in [2.05, 4.69) is 39.4 Å². The van der Waals surface area contributed by atoms with E-state index in [0.717, 1.165) is 38.6 Å². The third-order valence-electron chi connectivity index (χ3n) is 4.49. The molecule has 0 amide bonds. The number of hydrogen-bond acceptors (Lipinski definition) is 5. The van der Waals surface area contributed by atoms with Gasteiger partial charge in [0.2, 0.25) is 5.88 Å². The molecule has 0 atom stereocenters. The van der Waals surface area contributed by atoms with E-state index >= 15 is 0 Å². The Labute approximate surface area is 186 Å². The molecule has 1 aliphatic rings. The lowest BCUT2D eigenvalue weighted by atomic mass is 10.0. The molecule has 0 unspecified atom stereocenters. The van der Waals surface area contributed by atoms with Crippen molar-refractivity contribution in [2.24, 2.45) is 4.99 Å². The average Bonchev–Trinajstić information content (AvgIpc) is 2.68. The second kappa shape index (κ2) is 11.7. The van der Waals surface area contributed by atoms with Crippen LogP contribution in [0, 0.1) is 0 Å². The van der Waals surface area contributed by atoms with Gasteiger partial charge in [0.1, 0.15) is 6.61 Å². The molecule has 0 bridgehead atoms. The van der Waals surface area contributed by atoms with Crippen LogP contribution in [0.3, 0.4) is 0 Å². The van der Waals surface area contributed by atoms with Gasteiger partial charge in [0.15, 0.2) is 5.96 Å². The quantitative estimate of drug-likeness (QED) is 0.244. The third-order valence-corrected chi connectivity index (χ3v) is 4.49. The Morgan fingerprint density at radius 1 is 1.24 bits per heavy atom. The number of halogens is 4. The number of aromatic nitrogens is 1. The number of hydrogen-bond donors (Lipinski definition) is 2. The van der Waals surface area contributed by atoms with Gasteiger partial charge in [-0.1, -0.05) is 0 Å². The van der Waals surface area contributed by atoms with Gasteiger partial charge in [-0.05, 0) is 19.9 Å². The normalized spacial score (nSPS) is 16.1. The van der Waals surface area contributed by atoms with Crippen molar-refractivity contribution in [2.75, 3.05) is 53.0 Å². The molecular formula is C18H29F3IN5O2. The van der Waals surface area contributed by atoms with Crippen LogP contribution in [0.1, 0.15) is 19.4 Å². The summed E-state index contributed by atoms with van der Waals surface area (Å²) in [5, 5.41) is 6.40. The van der Waals surface area contributed by atoms with Gasteiger partial charge in [-0.3, -0.25) is 9.89 Å². The summed E-state index contributed by atoms with van der Waals surface area (Å²) in [6, 6.07) is 2.16. The monoisotopic (exact) mass is 531 g/mol. The molecule has 11 heteroatoms. The van der Waals surface area contributed by atoms with Crippen LogP contribution in [0.25, 0.3) is 0 Å². The molecule has 1 saturated heterocycles. The number of rotatable bonds is 7. The molecular weight excluding hydrogens is 502 g/mol. The predicted octanol–water partition coefficient (Wildman–Crippen LogP) is 2.37. The Bertz CT molecular complexity index is 635. The molecule has 166 valence electrons. The molecule has 1 aromatic rings. The van der Waals surface area contributed by atoms with Gasteiger partial charge < -0.3 is 20.1 Å². The Kier molecular flexibility index (Phi) is 10.4. The number of guanidine groups is 1. The lowest BCUT2D eigenvalue weighted by molar-refractivity contribution is -0.137. The smallest absolute Gasteiger partial charge is 0.417 e. The minimum Gasteiger partial charge on any atom is -0.476 e. The molecule has 0 saturated carbocycles. The number of morpholine rings is 1. The fourth-order valence-electron chi connectivity index (χ4n) is 2.76. The maximum Gasteiger partial charge on any atom is 0.417 e. The maximum atomic E-state index is 12.5. The van der Waals surface area contributed by atoms with Crippen molar-refractivity contribution in [3.63, 3.8) is 0 Å². The Morgan fingerprint density at radius 2 is 1.93 bits per heavy atom. The number of aliphatic imine (C=N–C) groups is 1. The Hall–Kier alpha value is -1.34. The summed E-state index contributed by atoms with van der Waals surface area (Å²) in [5.74, 6) is 0.775. The van der Waals surface area contributed by atoms with Crippen LogP contribution in [-0.2, 0) is 10.9 Å². The van der Waals surface area contributed by atoms with Gasteiger partial charge in [-0.25, -0.2) is 4.98 Å². The largest absolute Gasteiger partial charge is 0.476 e. The molecule has 1 aliphatic heterocycles. The van der Waals surface area contributed by atoms with Gasteiger partial charge in [0.25, 0.3) is 0 Å². The third kappa shape index (κ3) is 8.51. The van der Waals surface area contributed by atoms with Crippen LogP contribution in [0.2, 0.25) is 0 Å². The zero-order valence-electron chi connectivity index (χ0n) is 16.9. The average molecular weight is 531 g/mol. The summed E-state index contributed by atoms with van der Waals surface area (Å²) in [7, 11) is 1.68. The van der Waals surface area contributed by atoms with Gasteiger partial charge in [-0.15, -0.1) is 24.0 Å². The molecule has 0 spiro atoms. The van der Waals surface area contributed by atoms with E-state index in [0.29, 0.717) is 19.0 Å². The first-order valence-electron chi connectivity index (χ1n) is 9.16. The Balaban J connectivity index is 0.00000420. The minimum absolute atomic E-state index is 0. The predicted molar refractivity (Wildman–Crippen MR) is 116 cm³/mol. The fourth-order valence-corrected chi connectivity index (χ4v) is 2.76. The first-order valence-corrected chi connectivity index (χ1v) is 9.16. The van der Waals surface area contributed by atoms with Crippen LogP contribution in [0.15, 0.2) is 23.3 Å². The lowest BCUT2D eigenvalue weighted by Crippen LogP contribution is -2.56. The zero-order valence-corrected chi connectivity index (χ0v) is 19.2. The van der Waals surface area contributed by atoms with Crippen molar-refractivity contribution in [1.29, 1.82) is 0 Å². The second-order valence-corrected chi connectivity index (χ2v) is 7.00. The maximum absolute atomic E-state index is 12.5. The minimum atomic E-state index is -4.40. The van der Waals surface area contributed by atoms with Crippen LogP contribution in [0.5, 0.6) is 5.88 Å². The summed E-state index contributed by atoms with van der Waals surface area (Å²) in [5.41, 5.74) is -0.854. The van der Waals surface area contributed by atoms with E-state index in [1.165, 1.54) is 6.07 Å². The van der Waals surface area contributed by atoms with Crippen molar-refractivity contribution in [1.82, 2.24) is 20.5 Å². The van der Waals surface area contributed by atoms with Crippen LogP contribution < -0.4 is 15.4 Å². The molecule has 0 radical (unpaired) electrons. The van der Waals surface area contributed by atoms with Crippen molar-refractivity contribution >= 4 is 29.9 Å². The van der Waals surface area contributed by atoms with Gasteiger partial charge in [0, 0.05) is 44.5 Å². The molecule has 0 aliphatic carbocycles. The van der Waals surface area contributed by atoms with Gasteiger partial charge in [-0.2, -0.15) is 13.2 Å². The van der Waals surface area contributed by atoms with Crippen LogP contribution in [-0.4, -0.2) is 74.4 Å². The summed E-state index contributed by atoms with van der Waals surface area (Å²) >= 11 is 0. The molecule has 2 heterocycles. The molecule has 2 rings (SSSR count). The van der Waals surface area contributed by atoms with Crippen molar-refractivity contribution in [2.45, 2.75) is 25.6 Å². The highest BCUT2D eigenvalue weighted by Gasteiger charge is 2.31. The van der Waals surface area contributed by atoms with E-state index in [9.17, 15) is 13.2 Å². The number of nitrogens with one attached hydrogen (secondary N) is 2. The van der Waals surface area contributed by atoms with E-state index in [4.69, 9.17) is 9.47 Å². The topological polar surface area (TPSA) is 71.0 Å². The highest BCUT2D eigenvalue weighted by Crippen LogP contribution is 2.29. The first-order chi connectivity index (χ1) is 13.2. The molecule has 29 heavy (non-hydrogen) atoms. The first kappa shape index (κ1) is 25.7. The van der Waals surface area contributed by atoms with E-state index < -0.39 is 11.7 Å². The highest BCUT2D eigenvalue weighted by atomic mass is 127. The van der Waals surface area contributed by atoms with Crippen molar-refractivity contribution in [3.8, 4) is 5.88 Å². The summed E-state index contributed by atoms with van der Waals surface area (Å²) in [6.07, 6.45) is -3.64. The van der Waals surface area contributed by atoms with Crippen molar-refractivity contribution < 1.29 is 22.6 Å². The molecule has 2 N–H and O–H groups in total. The second-order valence-electron chi connectivity index (χ2n) is 7.00. The Morgan fingerprint density at radius 3 is 2.48 bits per heavy atom.